The highest BCUT2D eigenvalue weighted by Gasteiger charge is 2.15. The topological polar surface area (TPSA) is 76.2 Å². The van der Waals surface area contributed by atoms with E-state index in [1.54, 1.807) is 30.7 Å². The summed E-state index contributed by atoms with van der Waals surface area (Å²) in [7, 11) is 0. The van der Waals surface area contributed by atoms with Crippen LogP contribution in [0.2, 0.25) is 0 Å². The number of aromatic amines is 1. The van der Waals surface area contributed by atoms with Crippen molar-refractivity contribution in [2.75, 3.05) is 13.3 Å². The third kappa shape index (κ3) is 2.52. The zero-order chi connectivity index (χ0) is 13.1. The van der Waals surface area contributed by atoms with Crippen molar-refractivity contribution in [3.63, 3.8) is 0 Å². The van der Waals surface area contributed by atoms with Crippen LogP contribution in [-0.2, 0) is 6.42 Å². The lowest BCUT2D eigenvalue weighted by Gasteiger charge is -2.05. The van der Waals surface area contributed by atoms with Gasteiger partial charge in [0.1, 0.15) is 0 Å². The van der Waals surface area contributed by atoms with Gasteiger partial charge in [-0.2, -0.15) is 0 Å². The number of carbonyl (C=O) groups is 1. The van der Waals surface area contributed by atoms with Crippen LogP contribution in [0, 0.1) is 0 Å². The molecule has 2 N–H and O–H groups in total. The van der Waals surface area contributed by atoms with Crippen LogP contribution in [0.25, 0.3) is 0 Å². The molecule has 0 radical (unpaired) electrons. The molecule has 0 spiro atoms. The van der Waals surface area contributed by atoms with Gasteiger partial charge in [0, 0.05) is 30.4 Å². The van der Waals surface area contributed by atoms with E-state index in [9.17, 15) is 4.79 Å². The number of benzene rings is 1. The molecule has 0 unspecified atom stereocenters. The molecule has 0 fully saturated rings. The maximum atomic E-state index is 11.9. The number of hydrogen-bond donors (Lipinski definition) is 2. The van der Waals surface area contributed by atoms with E-state index in [1.165, 1.54) is 0 Å². The molecule has 2 heterocycles. The van der Waals surface area contributed by atoms with E-state index in [4.69, 9.17) is 9.47 Å². The first-order valence-electron chi connectivity index (χ1n) is 5.98. The van der Waals surface area contributed by atoms with Gasteiger partial charge in [0.15, 0.2) is 11.5 Å². The molecule has 1 aromatic heterocycles. The van der Waals surface area contributed by atoms with E-state index >= 15 is 0 Å². The van der Waals surface area contributed by atoms with Gasteiger partial charge in [-0.1, -0.05) is 0 Å². The summed E-state index contributed by atoms with van der Waals surface area (Å²) in [6.07, 6.45) is 4.08. The predicted molar refractivity (Wildman–Crippen MR) is 67.2 cm³/mol. The van der Waals surface area contributed by atoms with E-state index in [0.29, 0.717) is 23.6 Å². The molecule has 0 saturated heterocycles. The molecule has 98 valence electrons. The molecule has 1 aliphatic heterocycles. The van der Waals surface area contributed by atoms with Crippen LogP contribution in [0.15, 0.2) is 30.7 Å². The number of nitrogens with zero attached hydrogens (tertiary/aromatic N) is 1. The largest absolute Gasteiger partial charge is 0.454 e. The van der Waals surface area contributed by atoms with Crippen molar-refractivity contribution in [3.8, 4) is 11.5 Å². The Hall–Kier alpha value is -2.50. The second-order valence-electron chi connectivity index (χ2n) is 4.15. The van der Waals surface area contributed by atoms with E-state index < -0.39 is 0 Å². The Morgan fingerprint density at radius 2 is 2.26 bits per heavy atom. The van der Waals surface area contributed by atoms with Crippen molar-refractivity contribution in [1.29, 1.82) is 0 Å². The Balaban J connectivity index is 1.58. The summed E-state index contributed by atoms with van der Waals surface area (Å²) in [5.41, 5.74) is 1.56. The number of imidazole rings is 1. The number of carbonyl (C=O) groups excluding carboxylic acids is 1. The van der Waals surface area contributed by atoms with Gasteiger partial charge >= 0.3 is 0 Å². The minimum Gasteiger partial charge on any atom is -0.454 e. The number of fused-ring (bicyclic) bond motifs is 1. The van der Waals surface area contributed by atoms with Gasteiger partial charge in [0.2, 0.25) is 6.79 Å². The summed E-state index contributed by atoms with van der Waals surface area (Å²) in [5.74, 6) is 1.16. The fraction of sp³-hybridized carbons (Fsp3) is 0.231. The summed E-state index contributed by atoms with van der Waals surface area (Å²) in [5, 5.41) is 2.85. The minimum absolute atomic E-state index is 0.127. The lowest BCUT2D eigenvalue weighted by Crippen LogP contribution is -2.25. The molecule has 6 heteroatoms. The van der Waals surface area contributed by atoms with Crippen LogP contribution in [-0.4, -0.2) is 29.2 Å². The minimum atomic E-state index is -0.127. The summed E-state index contributed by atoms with van der Waals surface area (Å²) >= 11 is 0. The number of H-pyrrole nitrogens is 1. The summed E-state index contributed by atoms with van der Waals surface area (Å²) in [6.45, 7) is 0.760. The Labute approximate surface area is 109 Å². The average molecular weight is 259 g/mol. The second-order valence-corrected chi connectivity index (χ2v) is 4.15. The number of hydrogen-bond acceptors (Lipinski definition) is 4. The van der Waals surface area contributed by atoms with Crippen molar-refractivity contribution in [3.05, 3.63) is 42.0 Å². The third-order valence-corrected chi connectivity index (χ3v) is 2.87. The normalized spacial score (nSPS) is 12.4. The molecule has 1 aliphatic rings. The van der Waals surface area contributed by atoms with Crippen LogP contribution >= 0.6 is 0 Å². The van der Waals surface area contributed by atoms with E-state index in [0.717, 1.165) is 12.1 Å². The van der Waals surface area contributed by atoms with Crippen molar-refractivity contribution in [2.24, 2.45) is 0 Å². The van der Waals surface area contributed by atoms with Crippen molar-refractivity contribution < 1.29 is 14.3 Å². The molecule has 1 aromatic carbocycles. The molecule has 2 aromatic rings. The maximum absolute atomic E-state index is 11.9. The predicted octanol–water partition coefficient (Wildman–Crippen LogP) is 1.11. The lowest BCUT2D eigenvalue weighted by molar-refractivity contribution is 0.0953. The molecule has 0 atom stereocenters. The molecule has 1 amide bonds. The van der Waals surface area contributed by atoms with Crippen LogP contribution in [0.1, 0.15) is 16.1 Å². The first-order chi connectivity index (χ1) is 9.33. The van der Waals surface area contributed by atoms with Crippen LogP contribution in [0.3, 0.4) is 0 Å². The standard InChI is InChI=1S/C13H13N3O3/c17-13(15-4-3-10-6-14-7-16-10)9-1-2-11-12(5-9)19-8-18-11/h1-2,5-7H,3-4,8H2,(H,14,16)(H,15,17). The van der Waals surface area contributed by atoms with Crippen LogP contribution in [0.5, 0.6) is 11.5 Å². The first kappa shape index (κ1) is 11.6. The highest BCUT2D eigenvalue weighted by Crippen LogP contribution is 2.32. The molecule has 0 bridgehead atoms. The van der Waals surface area contributed by atoms with Gasteiger partial charge in [-0.25, -0.2) is 4.98 Å². The average Bonchev–Trinajstić information content (AvgIpc) is 3.08. The molecule has 6 nitrogen and oxygen atoms in total. The molecule has 3 rings (SSSR count). The number of nitrogens with one attached hydrogen (secondary N) is 2. The third-order valence-electron chi connectivity index (χ3n) is 2.87. The van der Waals surface area contributed by atoms with Gasteiger partial charge in [-0.3, -0.25) is 4.79 Å². The van der Waals surface area contributed by atoms with Crippen LogP contribution < -0.4 is 14.8 Å². The number of ether oxygens (including phenoxy) is 2. The Bertz CT molecular complexity index is 581. The van der Waals surface area contributed by atoms with E-state index in [2.05, 4.69) is 15.3 Å². The monoisotopic (exact) mass is 259 g/mol. The van der Waals surface area contributed by atoms with E-state index in [-0.39, 0.29) is 12.7 Å². The summed E-state index contributed by atoms with van der Waals surface area (Å²) in [4.78, 5) is 18.8. The van der Waals surface area contributed by atoms with Crippen molar-refractivity contribution >= 4 is 5.91 Å². The van der Waals surface area contributed by atoms with E-state index in [1.807, 2.05) is 0 Å². The molecular weight excluding hydrogens is 246 g/mol. The number of aromatic nitrogens is 2. The van der Waals surface area contributed by atoms with Gasteiger partial charge < -0.3 is 19.8 Å². The zero-order valence-corrected chi connectivity index (χ0v) is 10.2. The fourth-order valence-electron chi connectivity index (χ4n) is 1.87. The SMILES string of the molecule is O=C(NCCc1cnc[nH]1)c1ccc2c(c1)OCO2. The summed E-state index contributed by atoms with van der Waals surface area (Å²) < 4.78 is 10.4. The Morgan fingerprint density at radius 3 is 3.11 bits per heavy atom. The molecular formula is C13H13N3O3. The Kier molecular flexibility index (Phi) is 3.06. The second kappa shape index (κ2) is 5.01. The quantitative estimate of drug-likeness (QED) is 0.862. The lowest BCUT2D eigenvalue weighted by atomic mass is 10.2. The van der Waals surface area contributed by atoms with Gasteiger partial charge in [-0.05, 0) is 18.2 Å². The molecule has 0 saturated carbocycles. The molecule has 0 aliphatic carbocycles. The highest BCUT2D eigenvalue weighted by atomic mass is 16.7. The van der Waals surface area contributed by atoms with Gasteiger partial charge in [0.25, 0.3) is 5.91 Å². The number of amides is 1. The van der Waals surface area contributed by atoms with Crippen molar-refractivity contribution in [2.45, 2.75) is 6.42 Å². The fourth-order valence-corrected chi connectivity index (χ4v) is 1.87. The maximum Gasteiger partial charge on any atom is 0.251 e. The Morgan fingerprint density at radius 1 is 1.37 bits per heavy atom. The molecule has 19 heavy (non-hydrogen) atoms. The van der Waals surface area contributed by atoms with Crippen molar-refractivity contribution in [1.82, 2.24) is 15.3 Å². The van der Waals surface area contributed by atoms with Gasteiger partial charge in [-0.15, -0.1) is 0 Å². The van der Waals surface area contributed by atoms with Crippen LogP contribution in [0.4, 0.5) is 0 Å². The zero-order valence-electron chi connectivity index (χ0n) is 10.2. The van der Waals surface area contributed by atoms with Gasteiger partial charge in [0.05, 0.1) is 6.33 Å². The first-order valence-corrected chi connectivity index (χ1v) is 5.98. The number of rotatable bonds is 4. The smallest absolute Gasteiger partial charge is 0.251 e. The summed E-state index contributed by atoms with van der Waals surface area (Å²) in [6, 6.07) is 5.15. The highest BCUT2D eigenvalue weighted by molar-refractivity contribution is 5.94.